The molecule has 3 aromatic rings. The van der Waals surface area contributed by atoms with Gasteiger partial charge >= 0.3 is 0 Å². The summed E-state index contributed by atoms with van der Waals surface area (Å²) >= 11 is 0. The molecule has 1 N–H and O–H groups in total. The number of nitrogens with one attached hydrogen (secondary N) is 1. The Morgan fingerprint density at radius 3 is 2.74 bits per heavy atom. The van der Waals surface area contributed by atoms with Gasteiger partial charge in [0, 0.05) is 12.5 Å². The number of likely N-dealkylation sites (N-methyl/N-ethyl adjacent to an activating group) is 1. The number of nitrogens with zero attached hydrogens (tertiary/aromatic N) is 2. The van der Waals surface area contributed by atoms with Crippen LogP contribution in [0.5, 0.6) is 5.75 Å². The number of fused-ring (bicyclic) bond motifs is 1. The summed E-state index contributed by atoms with van der Waals surface area (Å²) in [6, 6.07) is 14.5. The highest BCUT2D eigenvalue weighted by Crippen LogP contribution is 2.21. The number of hydrogen-bond acceptors (Lipinski definition) is 5. The Morgan fingerprint density at radius 2 is 1.96 bits per heavy atom. The number of hydrogen-bond donors (Lipinski definition) is 1. The monoisotopic (exact) mass is 333 g/mol. The van der Waals surface area contributed by atoms with E-state index in [1.165, 1.54) is 5.39 Å². The molecule has 0 aliphatic heterocycles. The fraction of sp³-hybridized carbons (Fsp3) is 0.294. The topological polar surface area (TPSA) is 60.2 Å². The van der Waals surface area contributed by atoms with Crippen LogP contribution in [0.3, 0.4) is 0 Å². The second kappa shape index (κ2) is 7.94. The van der Waals surface area contributed by atoms with Crippen LogP contribution in [0, 0.1) is 0 Å². The van der Waals surface area contributed by atoms with E-state index in [4.69, 9.17) is 9.26 Å². The molecule has 0 spiro atoms. The third-order valence-electron chi connectivity index (χ3n) is 3.57. The number of aromatic nitrogens is 2. The van der Waals surface area contributed by atoms with E-state index in [0.29, 0.717) is 17.8 Å². The Balaban J connectivity index is 0.00000192. The van der Waals surface area contributed by atoms with Gasteiger partial charge in [-0.15, -0.1) is 12.4 Å². The Hall–Kier alpha value is -2.11. The molecule has 0 aliphatic rings. The van der Waals surface area contributed by atoms with Crippen molar-refractivity contribution in [1.82, 2.24) is 15.5 Å². The first-order chi connectivity index (χ1) is 10.7. The first-order valence-electron chi connectivity index (χ1n) is 7.35. The number of halogens is 1. The average molecular weight is 334 g/mol. The fourth-order valence-electron chi connectivity index (χ4n) is 2.21. The first-order valence-corrected chi connectivity index (χ1v) is 7.35. The lowest BCUT2D eigenvalue weighted by Gasteiger charge is -2.05. The predicted octanol–water partition coefficient (Wildman–Crippen LogP) is 3.37. The second-order valence-corrected chi connectivity index (χ2v) is 5.30. The Bertz CT molecular complexity index is 760. The maximum absolute atomic E-state index is 5.73. The standard InChI is InChI=1S/C17H19N3O2.ClH/c1-12(18-2)9-16-19-17(22-20-16)11-21-15-8-7-13-5-3-4-6-14(13)10-15;/h3-8,10,12,18H,9,11H2,1-2H3;1H. The van der Waals surface area contributed by atoms with E-state index in [1.807, 2.05) is 37.4 Å². The molecule has 1 atom stereocenters. The van der Waals surface area contributed by atoms with E-state index in [9.17, 15) is 0 Å². The van der Waals surface area contributed by atoms with E-state index in [0.717, 1.165) is 17.6 Å². The molecular weight excluding hydrogens is 314 g/mol. The summed E-state index contributed by atoms with van der Waals surface area (Å²) < 4.78 is 10.9. The maximum atomic E-state index is 5.73. The molecule has 0 radical (unpaired) electrons. The summed E-state index contributed by atoms with van der Waals surface area (Å²) in [6.45, 7) is 2.35. The molecule has 0 aliphatic carbocycles. The summed E-state index contributed by atoms with van der Waals surface area (Å²) in [5.41, 5.74) is 0. The highest BCUT2D eigenvalue weighted by molar-refractivity contribution is 5.85. The molecule has 0 saturated heterocycles. The molecule has 23 heavy (non-hydrogen) atoms. The lowest BCUT2D eigenvalue weighted by molar-refractivity contribution is 0.242. The zero-order valence-electron chi connectivity index (χ0n) is 13.2. The van der Waals surface area contributed by atoms with Crippen molar-refractivity contribution in [2.24, 2.45) is 0 Å². The van der Waals surface area contributed by atoms with E-state index in [2.05, 4.69) is 34.5 Å². The summed E-state index contributed by atoms with van der Waals surface area (Å²) in [5.74, 6) is 1.98. The lowest BCUT2D eigenvalue weighted by atomic mass is 10.1. The molecule has 0 saturated carbocycles. The molecule has 0 bridgehead atoms. The molecule has 1 heterocycles. The van der Waals surface area contributed by atoms with Gasteiger partial charge in [0.1, 0.15) is 5.75 Å². The molecule has 2 aromatic carbocycles. The lowest BCUT2D eigenvalue weighted by Crippen LogP contribution is -2.24. The summed E-state index contributed by atoms with van der Waals surface area (Å²) in [4.78, 5) is 4.33. The van der Waals surface area contributed by atoms with Crippen LogP contribution in [0.15, 0.2) is 47.0 Å². The minimum absolute atomic E-state index is 0. The van der Waals surface area contributed by atoms with Gasteiger partial charge in [-0.05, 0) is 36.9 Å². The van der Waals surface area contributed by atoms with Crippen LogP contribution in [0.2, 0.25) is 0 Å². The maximum Gasteiger partial charge on any atom is 0.264 e. The number of benzene rings is 2. The minimum Gasteiger partial charge on any atom is -0.484 e. The van der Waals surface area contributed by atoms with E-state index in [-0.39, 0.29) is 19.0 Å². The van der Waals surface area contributed by atoms with E-state index < -0.39 is 0 Å². The van der Waals surface area contributed by atoms with Crippen LogP contribution in [-0.2, 0) is 13.0 Å². The molecule has 1 unspecified atom stereocenters. The summed E-state index contributed by atoms with van der Waals surface area (Å²) in [7, 11) is 1.91. The van der Waals surface area contributed by atoms with Gasteiger partial charge in [-0.25, -0.2) is 0 Å². The highest BCUT2D eigenvalue weighted by atomic mass is 35.5. The smallest absolute Gasteiger partial charge is 0.264 e. The van der Waals surface area contributed by atoms with Crippen LogP contribution < -0.4 is 10.1 Å². The minimum atomic E-state index is 0. The molecule has 122 valence electrons. The van der Waals surface area contributed by atoms with Crippen LogP contribution in [-0.4, -0.2) is 23.2 Å². The molecule has 1 aromatic heterocycles. The quantitative estimate of drug-likeness (QED) is 0.749. The van der Waals surface area contributed by atoms with Crippen molar-refractivity contribution in [2.45, 2.75) is 26.0 Å². The molecule has 6 heteroatoms. The first kappa shape index (κ1) is 17.2. The summed E-state index contributed by atoms with van der Waals surface area (Å²) in [5, 5.41) is 9.44. The van der Waals surface area contributed by atoms with Crippen LogP contribution in [0.1, 0.15) is 18.6 Å². The third-order valence-corrected chi connectivity index (χ3v) is 3.57. The largest absolute Gasteiger partial charge is 0.484 e. The Labute approximate surface area is 141 Å². The average Bonchev–Trinajstić information content (AvgIpc) is 3.00. The third kappa shape index (κ3) is 4.43. The predicted molar refractivity (Wildman–Crippen MR) is 92.1 cm³/mol. The summed E-state index contributed by atoms with van der Waals surface area (Å²) in [6.07, 6.45) is 0.732. The van der Waals surface area contributed by atoms with Crippen molar-refractivity contribution in [1.29, 1.82) is 0 Å². The van der Waals surface area contributed by atoms with Crippen molar-refractivity contribution in [3.05, 3.63) is 54.2 Å². The van der Waals surface area contributed by atoms with Gasteiger partial charge in [-0.1, -0.05) is 35.5 Å². The van der Waals surface area contributed by atoms with Gasteiger partial charge in [0.05, 0.1) is 0 Å². The van der Waals surface area contributed by atoms with Crippen LogP contribution in [0.4, 0.5) is 0 Å². The number of rotatable bonds is 6. The normalized spacial score (nSPS) is 11.9. The van der Waals surface area contributed by atoms with Crippen LogP contribution >= 0.6 is 12.4 Å². The fourth-order valence-corrected chi connectivity index (χ4v) is 2.21. The zero-order chi connectivity index (χ0) is 15.4. The number of ether oxygens (including phenoxy) is 1. The van der Waals surface area contributed by atoms with Gasteiger partial charge < -0.3 is 14.6 Å². The Kier molecular flexibility index (Phi) is 5.96. The molecular formula is C17H20ClN3O2. The SMILES string of the molecule is CNC(C)Cc1noc(COc2ccc3ccccc3c2)n1.Cl. The van der Waals surface area contributed by atoms with E-state index in [1.54, 1.807) is 0 Å². The van der Waals surface area contributed by atoms with Crippen molar-refractivity contribution < 1.29 is 9.26 Å². The molecule has 0 fully saturated rings. The van der Waals surface area contributed by atoms with Gasteiger partial charge in [0.15, 0.2) is 12.4 Å². The van der Waals surface area contributed by atoms with Gasteiger partial charge in [-0.3, -0.25) is 0 Å². The van der Waals surface area contributed by atoms with Crippen LogP contribution in [0.25, 0.3) is 10.8 Å². The molecule has 0 amide bonds. The van der Waals surface area contributed by atoms with Gasteiger partial charge in [-0.2, -0.15) is 4.98 Å². The van der Waals surface area contributed by atoms with Crippen molar-refractivity contribution >= 4 is 23.2 Å². The Morgan fingerprint density at radius 1 is 1.17 bits per heavy atom. The van der Waals surface area contributed by atoms with Crippen molar-refractivity contribution in [3.63, 3.8) is 0 Å². The highest BCUT2D eigenvalue weighted by Gasteiger charge is 2.10. The molecule has 5 nitrogen and oxygen atoms in total. The van der Waals surface area contributed by atoms with E-state index >= 15 is 0 Å². The second-order valence-electron chi connectivity index (χ2n) is 5.30. The van der Waals surface area contributed by atoms with Crippen molar-refractivity contribution in [3.8, 4) is 5.75 Å². The van der Waals surface area contributed by atoms with Crippen molar-refractivity contribution in [2.75, 3.05) is 7.05 Å². The zero-order valence-corrected chi connectivity index (χ0v) is 14.0. The van der Waals surface area contributed by atoms with Gasteiger partial charge in [0.2, 0.25) is 0 Å². The van der Waals surface area contributed by atoms with Gasteiger partial charge in [0.25, 0.3) is 5.89 Å². The molecule has 3 rings (SSSR count).